The Labute approximate surface area is 274 Å². The van der Waals surface area contributed by atoms with Crippen LogP contribution >= 0.6 is 0 Å². The van der Waals surface area contributed by atoms with Gasteiger partial charge in [0.2, 0.25) is 0 Å². The Hall–Kier alpha value is -5.49. The summed E-state index contributed by atoms with van der Waals surface area (Å²) in [4.78, 5) is 4.65. The Bertz CT molecular complexity index is 2300. The van der Waals surface area contributed by atoms with E-state index in [1.165, 1.54) is 0 Å². The SMILES string of the molecule is Cc1ccnc(-n2c3[c-]c(Oc4[c-]c(-n5cc(-c6c(C#N)c(C)cc(C)c6C#N)cn5)ccc4)ccc3c3ccccc32)c1.[Pt+2]. The van der Waals surface area contributed by atoms with E-state index in [9.17, 15) is 10.5 Å². The van der Waals surface area contributed by atoms with E-state index in [4.69, 9.17) is 4.74 Å². The molecule has 0 saturated carbocycles. The van der Waals surface area contributed by atoms with Crippen molar-refractivity contribution in [1.29, 1.82) is 10.5 Å². The molecule has 218 valence electrons. The number of pyridine rings is 1. The monoisotopic (exact) mass is 763 g/mol. The third-order valence-electron chi connectivity index (χ3n) is 7.72. The van der Waals surface area contributed by atoms with Crippen molar-refractivity contribution in [1.82, 2.24) is 19.3 Å². The Morgan fingerprint density at radius 1 is 0.800 bits per heavy atom. The number of aromatic nitrogens is 4. The zero-order valence-electron chi connectivity index (χ0n) is 24.6. The molecule has 0 unspecified atom stereocenters. The summed E-state index contributed by atoms with van der Waals surface area (Å²) >= 11 is 0. The molecule has 0 amide bonds. The van der Waals surface area contributed by atoms with Crippen LogP contribution in [0.1, 0.15) is 27.8 Å². The molecule has 3 heterocycles. The van der Waals surface area contributed by atoms with Gasteiger partial charge in [-0.05, 0) is 66.7 Å². The van der Waals surface area contributed by atoms with Crippen molar-refractivity contribution in [3.05, 3.63) is 131 Å². The minimum Gasteiger partial charge on any atom is -0.509 e. The summed E-state index contributed by atoms with van der Waals surface area (Å²) in [7, 11) is 0. The van der Waals surface area contributed by atoms with E-state index in [0.29, 0.717) is 39.4 Å². The Kier molecular flexibility index (Phi) is 7.81. The molecule has 7 nitrogen and oxygen atoms in total. The number of nitriles is 2. The molecule has 0 aliphatic carbocycles. The fourth-order valence-electron chi connectivity index (χ4n) is 5.71. The fraction of sp³-hybridized carbons (Fsp3) is 0.0811. The van der Waals surface area contributed by atoms with Gasteiger partial charge in [0.1, 0.15) is 18.0 Å². The molecule has 3 aromatic heterocycles. The molecular formula is C37H24N6OPt. The van der Waals surface area contributed by atoms with Crippen LogP contribution in [0.5, 0.6) is 11.5 Å². The number of ether oxygens (including phenoxy) is 1. The van der Waals surface area contributed by atoms with Gasteiger partial charge in [0, 0.05) is 40.5 Å². The number of nitrogens with zero attached hydrogens (tertiary/aromatic N) is 6. The zero-order valence-corrected chi connectivity index (χ0v) is 26.8. The van der Waals surface area contributed by atoms with Crippen LogP contribution in [-0.4, -0.2) is 19.3 Å². The molecule has 7 aromatic rings. The van der Waals surface area contributed by atoms with E-state index >= 15 is 0 Å². The van der Waals surface area contributed by atoms with E-state index in [1.807, 2.05) is 74.6 Å². The number of fused-ring (bicyclic) bond motifs is 3. The van der Waals surface area contributed by atoms with Gasteiger partial charge in [-0.25, -0.2) is 4.98 Å². The average molecular weight is 764 g/mol. The van der Waals surface area contributed by atoms with Gasteiger partial charge in [-0.1, -0.05) is 29.8 Å². The molecular weight excluding hydrogens is 740 g/mol. The summed E-state index contributed by atoms with van der Waals surface area (Å²) in [6.45, 7) is 5.80. The second-order valence-corrected chi connectivity index (χ2v) is 10.7. The maximum absolute atomic E-state index is 9.86. The minimum absolute atomic E-state index is 0. The van der Waals surface area contributed by atoms with Gasteiger partial charge in [0.15, 0.2) is 0 Å². The summed E-state index contributed by atoms with van der Waals surface area (Å²) in [5.74, 6) is 1.85. The summed E-state index contributed by atoms with van der Waals surface area (Å²) < 4.78 is 10.1. The molecule has 8 heteroatoms. The summed E-state index contributed by atoms with van der Waals surface area (Å²) in [6, 6.07) is 34.9. The second-order valence-electron chi connectivity index (χ2n) is 10.7. The van der Waals surface area contributed by atoms with Gasteiger partial charge in [-0.15, -0.1) is 35.7 Å². The van der Waals surface area contributed by atoms with Crippen molar-refractivity contribution in [3.8, 4) is 46.3 Å². The first-order valence-electron chi connectivity index (χ1n) is 14.0. The maximum Gasteiger partial charge on any atom is 2.00 e. The molecule has 0 bridgehead atoms. The van der Waals surface area contributed by atoms with Gasteiger partial charge in [-0.2, -0.15) is 27.8 Å². The van der Waals surface area contributed by atoms with Crippen molar-refractivity contribution >= 4 is 21.8 Å². The molecule has 0 atom stereocenters. The number of para-hydroxylation sites is 1. The first-order chi connectivity index (χ1) is 21.4. The van der Waals surface area contributed by atoms with Crippen LogP contribution in [-0.2, 0) is 21.1 Å². The van der Waals surface area contributed by atoms with Crippen molar-refractivity contribution in [2.24, 2.45) is 0 Å². The topological polar surface area (TPSA) is 92.5 Å². The third kappa shape index (κ3) is 5.18. The van der Waals surface area contributed by atoms with E-state index in [0.717, 1.165) is 44.3 Å². The Balaban J connectivity index is 0.00000357. The van der Waals surface area contributed by atoms with E-state index in [-0.39, 0.29) is 21.1 Å². The second kappa shape index (κ2) is 11.9. The van der Waals surface area contributed by atoms with Crippen molar-refractivity contribution < 1.29 is 25.8 Å². The molecule has 45 heavy (non-hydrogen) atoms. The molecule has 0 spiro atoms. The smallest absolute Gasteiger partial charge is 0.509 e. The van der Waals surface area contributed by atoms with Gasteiger partial charge >= 0.3 is 21.1 Å². The largest absolute Gasteiger partial charge is 2.00 e. The molecule has 0 aliphatic heterocycles. The number of aryl methyl sites for hydroxylation is 3. The first kappa shape index (κ1) is 29.6. The van der Waals surface area contributed by atoms with Crippen LogP contribution < -0.4 is 4.74 Å². The summed E-state index contributed by atoms with van der Waals surface area (Å²) in [5.41, 5.74) is 7.52. The van der Waals surface area contributed by atoms with Crippen LogP contribution in [0.2, 0.25) is 0 Å². The molecule has 0 radical (unpaired) electrons. The van der Waals surface area contributed by atoms with Crippen molar-refractivity contribution in [2.45, 2.75) is 20.8 Å². The van der Waals surface area contributed by atoms with Gasteiger partial charge in [0.05, 0.1) is 17.3 Å². The van der Waals surface area contributed by atoms with Gasteiger partial charge < -0.3 is 9.30 Å². The Morgan fingerprint density at radius 3 is 2.31 bits per heavy atom. The number of rotatable bonds is 5. The number of hydrogen-bond donors (Lipinski definition) is 0. The molecule has 7 rings (SSSR count). The van der Waals surface area contributed by atoms with Crippen LogP contribution in [0.4, 0.5) is 0 Å². The van der Waals surface area contributed by atoms with Crippen molar-refractivity contribution in [2.75, 3.05) is 0 Å². The molecule has 0 aliphatic rings. The standard InChI is InChI=1S/C37H24N6O.Pt/c1-23-13-14-40-36(15-23)43-34-10-5-4-9-30(34)31-12-11-29(18-35(31)43)44-28-8-6-7-27(17-28)42-22-26(21-41-42)37-32(19-38)24(2)16-25(3)33(37)20-39;/h4-16,21-22H,1-3H3;/q-2;+2. The normalized spacial score (nSPS) is 10.8. The average Bonchev–Trinajstić information content (AvgIpc) is 3.64. The fourth-order valence-corrected chi connectivity index (χ4v) is 5.71. The molecule has 4 aromatic carbocycles. The molecule has 0 N–H and O–H groups in total. The summed E-state index contributed by atoms with van der Waals surface area (Å²) in [6.07, 6.45) is 5.28. The maximum atomic E-state index is 9.86. The molecule has 0 fully saturated rings. The van der Waals surface area contributed by atoms with Crippen LogP contribution in [0.3, 0.4) is 0 Å². The zero-order chi connectivity index (χ0) is 30.4. The van der Waals surface area contributed by atoms with E-state index in [2.05, 4.69) is 64.0 Å². The van der Waals surface area contributed by atoms with Crippen molar-refractivity contribution in [3.63, 3.8) is 0 Å². The van der Waals surface area contributed by atoms with E-state index in [1.54, 1.807) is 17.1 Å². The van der Waals surface area contributed by atoms with Crippen LogP contribution in [0.25, 0.3) is 44.4 Å². The quantitative estimate of drug-likeness (QED) is 0.165. The number of hydrogen-bond acceptors (Lipinski definition) is 5. The predicted octanol–water partition coefficient (Wildman–Crippen LogP) is 8.09. The van der Waals surface area contributed by atoms with Crippen LogP contribution in [0.15, 0.2) is 91.4 Å². The Morgan fingerprint density at radius 2 is 1.56 bits per heavy atom. The molecule has 0 saturated heterocycles. The van der Waals surface area contributed by atoms with E-state index < -0.39 is 0 Å². The third-order valence-corrected chi connectivity index (χ3v) is 7.72. The van der Waals surface area contributed by atoms with Crippen LogP contribution in [0, 0.1) is 55.6 Å². The van der Waals surface area contributed by atoms with Gasteiger partial charge in [0.25, 0.3) is 0 Å². The first-order valence-corrected chi connectivity index (χ1v) is 14.0. The predicted molar refractivity (Wildman–Crippen MR) is 169 cm³/mol. The summed E-state index contributed by atoms with van der Waals surface area (Å²) in [5, 5.41) is 26.4. The van der Waals surface area contributed by atoms with Gasteiger partial charge in [-0.3, -0.25) is 4.68 Å². The minimum atomic E-state index is 0. The number of benzene rings is 4.